The van der Waals surface area contributed by atoms with Crippen molar-refractivity contribution in [1.82, 2.24) is 4.98 Å². The van der Waals surface area contributed by atoms with Crippen molar-refractivity contribution in [3.05, 3.63) is 64.0 Å². The predicted molar refractivity (Wildman–Crippen MR) is 101 cm³/mol. The van der Waals surface area contributed by atoms with Crippen molar-refractivity contribution in [3.8, 4) is 5.88 Å². The van der Waals surface area contributed by atoms with E-state index < -0.39 is 0 Å². The highest BCUT2D eigenvalue weighted by molar-refractivity contribution is 7.16. The molecule has 0 unspecified atom stereocenters. The van der Waals surface area contributed by atoms with Crippen LogP contribution >= 0.6 is 22.9 Å². The number of nitrogens with zero attached hydrogens (tertiary/aromatic N) is 2. The monoisotopic (exact) mass is 353 g/mol. The third kappa shape index (κ3) is 2.91. The Hall–Kier alpha value is -2.63. The normalized spacial score (nSPS) is 14.1. The number of anilines is 2. The van der Waals surface area contributed by atoms with Gasteiger partial charge in [0.15, 0.2) is 5.13 Å². The highest BCUT2D eigenvalue weighted by Crippen LogP contribution is 2.37. The maximum atomic E-state index is 10.1. The number of para-hydroxylation sites is 1. The van der Waals surface area contributed by atoms with Crippen molar-refractivity contribution in [1.29, 1.82) is 0 Å². The number of halogens is 1. The summed E-state index contributed by atoms with van der Waals surface area (Å²) in [7, 11) is 0. The first-order valence-corrected chi connectivity index (χ1v) is 8.46. The first-order chi connectivity index (χ1) is 11.7. The quantitative estimate of drug-likeness (QED) is 0.653. The van der Waals surface area contributed by atoms with Crippen molar-refractivity contribution in [2.24, 2.45) is 4.99 Å². The number of hydrogen-bond acceptors (Lipinski definition) is 5. The molecule has 0 fully saturated rings. The molecule has 0 amide bonds. The molecule has 118 valence electrons. The molecule has 0 radical (unpaired) electrons. The minimum atomic E-state index is 0.00162. The van der Waals surface area contributed by atoms with Crippen LogP contribution in [0.1, 0.15) is 10.4 Å². The van der Waals surface area contributed by atoms with Crippen LogP contribution in [0.25, 0.3) is 11.6 Å². The van der Waals surface area contributed by atoms with Crippen LogP contribution in [0, 0.1) is 0 Å². The number of thiazole rings is 1. The van der Waals surface area contributed by atoms with Gasteiger partial charge < -0.3 is 10.4 Å². The first kappa shape index (κ1) is 14.9. The van der Waals surface area contributed by atoms with Crippen molar-refractivity contribution in [3.63, 3.8) is 0 Å². The van der Waals surface area contributed by atoms with Gasteiger partial charge in [0.05, 0.1) is 10.6 Å². The van der Waals surface area contributed by atoms with E-state index in [2.05, 4.69) is 15.3 Å². The Morgan fingerprint density at radius 3 is 2.71 bits per heavy atom. The minimum absolute atomic E-state index is 0.00162. The van der Waals surface area contributed by atoms with Gasteiger partial charge in [-0.2, -0.15) is 4.98 Å². The fourth-order valence-electron chi connectivity index (χ4n) is 2.42. The van der Waals surface area contributed by atoms with Crippen LogP contribution in [0.4, 0.5) is 16.5 Å². The van der Waals surface area contributed by atoms with E-state index in [4.69, 9.17) is 11.6 Å². The molecule has 2 heterocycles. The van der Waals surface area contributed by atoms with Gasteiger partial charge in [0, 0.05) is 28.1 Å². The van der Waals surface area contributed by atoms with E-state index in [1.807, 2.05) is 42.5 Å². The molecule has 0 bridgehead atoms. The zero-order valence-electron chi connectivity index (χ0n) is 12.4. The van der Waals surface area contributed by atoms with Gasteiger partial charge in [-0.3, -0.25) is 4.99 Å². The third-order valence-electron chi connectivity index (χ3n) is 3.57. The van der Waals surface area contributed by atoms with Crippen LogP contribution in [0.2, 0.25) is 5.02 Å². The van der Waals surface area contributed by atoms with E-state index >= 15 is 0 Å². The molecule has 0 saturated heterocycles. The van der Waals surface area contributed by atoms with E-state index in [0.29, 0.717) is 15.0 Å². The molecule has 24 heavy (non-hydrogen) atoms. The summed E-state index contributed by atoms with van der Waals surface area (Å²) in [5.74, 6) is 0.00162. The van der Waals surface area contributed by atoms with Crippen LogP contribution in [-0.4, -0.2) is 16.3 Å². The van der Waals surface area contributed by atoms with Gasteiger partial charge in [-0.05, 0) is 36.4 Å². The SMILES string of the molecule is Oc1nc(Nc2ccc(Cl)cc2)sc1/C=C1\C=Nc2ccccc21. The Bertz CT molecular complexity index is 961. The Balaban J connectivity index is 1.62. The Labute approximate surface area is 147 Å². The summed E-state index contributed by atoms with van der Waals surface area (Å²) in [5.41, 5.74) is 3.81. The number of allylic oxidation sites excluding steroid dienone is 1. The van der Waals surface area contributed by atoms with Crippen LogP contribution in [0.5, 0.6) is 5.88 Å². The highest BCUT2D eigenvalue weighted by Gasteiger charge is 2.14. The number of aromatic hydroxyl groups is 1. The zero-order valence-corrected chi connectivity index (χ0v) is 14.0. The summed E-state index contributed by atoms with van der Waals surface area (Å²) in [6.45, 7) is 0. The Kier molecular flexibility index (Phi) is 3.80. The van der Waals surface area contributed by atoms with Gasteiger partial charge in [-0.15, -0.1) is 0 Å². The van der Waals surface area contributed by atoms with Crippen molar-refractivity contribution in [2.75, 3.05) is 5.32 Å². The maximum absolute atomic E-state index is 10.1. The van der Waals surface area contributed by atoms with Crippen LogP contribution in [0.15, 0.2) is 53.5 Å². The molecule has 6 heteroatoms. The van der Waals surface area contributed by atoms with Crippen molar-refractivity contribution < 1.29 is 5.11 Å². The molecule has 4 rings (SSSR count). The molecule has 3 aromatic rings. The lowest BCUT2D eigenvalue weighted by Crippen LogP contribution is -1.87. The van der Waals surface area contributed by atoms with Crippen LogP contribution < -0.4 is 5.32 Å². The Morgan fingerprint density at radius 1 is 1.08 bits per heavy atom. The number of rotatable bonds is 3. The summed E-state index contributed by atoms with van der Waals surface area (Å²) in [6, 6.07) is 15.2. The van der Waals surface area contributed by atoms with Gasteiger partial charge in [-0.1, -0.05) is 41.1 Å². The molecular formula is C18H12ClN3OS. The summed E-state index contributed by atoms with van der Waals surface area (Å²) in [5, 5.41) is 14.6. The van der Waals surface area contributed by atoms with E-state index in [9.17, 15) is 5.11 Å². The summed E-state index contributed by atoms with van der Waals surface area (Å²) < 4.78 is 0. The second-order valence-electron chi connectivity index (χ2n) is 5.21. The number of hydrogen-bond donors (Lipinski definition) is 2. The van der Waals surface area contributed by atoms with Gasteiger partial charge in [0.2, 0.25) is 5.88 Å². The number of fused-ring (bicyclic) bond motifs is 1. The van der Waals surface area contributed by atoms with Gasteiger partial charge in [0.25, 0.3) is 0 Å². The average molecular weight is 354 g/mol. The summed E-state index contributed by atoms with van der Waals surface area (Å²) in [4.78, 5) is 9.22. The number of benzene rings is 2. The number of aliphatic imine (C=N–C) groups is 1. The largest absolute Gasteiger partial charge is 0.492 e. The summed E-state index contributed by atoms with van der Waals surface area (Å²) in [6.07, 6.45) is 3.70. The number of aromatic nitrogens is 1. The zero-order chi connectivity index (χ0) is 16.5. The topological polar surface area (TPSA) is 57.5 Å². The van der Waals surface area contributed by atoms with E-state index in [-0.39, 0.29) is 5.88 Å². The smallest absolute Gasteiger partial charge is 0.231 e. The first-order valence-electron chi connectivity index (χ1n) is 7.26. The third-order valence-corrected chi connectivity index (χ3v) is 4.73. The molecule has 0 spiro atoms. The highest BCUT2D eigenvalue weighted by atomic mass is 35.5. The molecule has 0 aliphatic carbocycles. The molecule has 1 aliphatic heterocycles. The second-order valence-corrected chi connectivity index (χ2v) is 6.68. The lowest BCUT2D eigenvalue weighted by molar-refractivity contribution is 0.457. The molecular weight excluding hydrogens is 342 g/mol. The van der Waals surface area contributed by atoms with Gasteiger partial charge in [0.1, 0.15) is 0 Å². The Morgan fingerprint density at radius 2 is 1.88 bits per heavy atom. The predicted octanol–water partition coefficient (Wildman–Crippen LogP) is 5.50. The molecule has 4 nitrogen and oxygen atoms in total. The molecule has 2 N–H and O–H groups in total. The van der Waals surface area contributed by atoms with Gasteiger partial charge in [-0.25, -0.2) is 0 Å². The van der Waals surface area contributed by atoms with E-state index in [0.717, 1.165) is 22.5 Å². The van der Waals surface area contributed by atoms with Crippen LogP contribution in [-0.2, 0) is 0 Å². The molecule has 1 aromatic heterocycles. The molecule has 1 aliphatic rings. The fraction of sp³-hybridized carbons (Fsp3) is 0. The average Bonchev–Trinajstić information content (AvgIpc) is 3.14. The van der Waals surface area contributed by atoms with Crippen molar-refractivity contribution >= 4 is 57.3 Å². The maximum Gasteiger partial charge on any atom is 0.231 e. The second kappa shape index (κ2) is 6.11. The molecule has 0 atom stereocenters. The lowest BCUT2D eigenvalue weighted by atomic mass is 10.1. The summed E-state index contributed by atoms with van der Waals surface area (Å²) >= 11 is 7.26. The molecule has 2 aromatic carbocycles. The van der Waals surface area contributed by atoms with Gasteiger partial charge >= 0.3 is 0 Å². The lowest BCUT2D eigenvalue weighted by Gasteiger charge is -2.01. The van der Waals surface area contributed by atoms with Crippen molar-refractivity contribution in [2.45, 2.75) is 0 Å². The minimum Gasteiger partial charge on any atom is -0.492 e. The molecule has 0 saturated carbocycles. The standard InChI is InChI=1S/C18H12ClN3OS/c19-12-5-7-13(8-6-12)21-18-22-17(23)16(24-18)9-11-10-20-15-4-2-1-3-14(11)15/h1-10,23H,(H,21,22)/b11-9+. The number of nitrogens with one attached hydrogen (secondary N) is 1. The van der Waals surface area contributed by atoms with Crippen LogP contribution in [0.3, 0.4) is 0 Å². The fourth-order valence-corrected chi connectivity index (χ4v) is 3.38. The van der Waals surface area contributed by atoms with E-state index in [1.54, 1.807) is 18.3 Å². The van der Waals surface area contributed by atoms with E-state index in [1.165, 1.54) is 11.3 Å².